The van der Waals surface area contributed by atoms with Crippen LogP contribution in [-0.4, -0.2) is 19.1 Å². The molecule has 5 nitrogen and oxygen atoms in total. The molecular formula is C17H16N2O3. The number of nitrogens with one attached hydrogen (secondary N) is 1. The number of ether oxygens (including phenoxy) is 2. The Morgan fingerprint density at radius 2 is 1.73 bits per heavy atom. The van der Waals surface area contributed by atoms with Crippen LogP contribution in [0.5, 0.6) is 17.2 Å². The first-order valence-corrected chi connectivity index (χ1v) is 6.90. The van der Waals surface area contributed by atoms with Gasteiger partial charge in [0.2, 0.25) is 0 Å². The van der Waals surface area contributed by atoms with Crippen LogP contribution < -0.4 is 14.8 Å². The number of carbonyl (C=O) groups is 1. The summed E-state index contributed by atoms with van der Waals surface area (Å²) in [4.78, 5) is 12.1. The van der Waals surface area contributed by atoms with E-state index in [0.29, 0.717) is 29.4 Å². The van der Waals surface area contributed by atoms with Crippen molar-refractivity contribution >= 4 is 5.91 Å². The van der Waals surface area contributed by atoms with E-state index in [0.717, 1.165) is 0 Å². The number of amides is 1. The van der Waals surface area contributed by atoms with Gasteiger partial charge >= 0.3 is 0 Å². The smallest absolute Gasteiger partial charge is 0.255 e. The highest BCUT2D eigenvalue weighted by atomic mass is 16.5. The molecule has 0 aliphatic carbocycles. The van der Waals surface area contributed by atoms with Gasteiger partial charge < -0.3 is 14.8 Å². The molecule has 2 rings (SSSR count). The second-order valence-corrected chi connectivity index (χ2v) is 4.32. The Balaban J connectivity index is 2.27. The fraction of sp³-hybridized carbons (Fsp3) is 0.176. The Hall–Kier alpha value is -3.00. The Morgan fingerprint density at radius 1 is 1.09 bits per heavy atom. The van der Waals surface area contributed by atoms with E-state index in [1.165, 1.54) is 0 Å². The number of benzene rings is 2. The molecule has 0 heterocycles. The minimum atomic E-state index is -0.356. The lowest BCUT2D eigenvalue weighted by molar-refractivity contribution is 0.0956. The highest BCUT2D eigenvalue weighted by molar-refractivity contribution is 5.97. The van der Waals surface area contributed by atoms with E-state index in [1.807, 2.05) is 25.1 Å². The molecule has 0 saturated carbocycles. The molecule has 0 radical (unpaired) electrons. The third-order valence-electron chi connectivity index (χ3n) is 2.83. The average molecular weight is 296 g/mol. The first kappa shape index (κ1) is 15.4. The Kier molecular flexibility index (Phi) is 5.38. The van der Waals surface area contributed by atoms with Crippen LogP contribution in [0.25, 0.3) is 0 Å². The number of hydrogen-bond donors (Lipinski definition) is 1. The Labute approximate surface area is 129 Å². The molecule has 0 aliphatic rings. The molecule has 0 fully saturated rings. The summed E-state index contributed by atoms with van der Waals surface area (Å²) < 4.78 is 11.3. The molecule has 0 aromatic heterocycles. The molecule has 2 aromatic rings. The third-order valence-corrected chi connectivity index (χ3v) is 2.83. The molecule has 0 spiro atoms. The van der Waals surface area contributed by atoms with Crippen LogP contribution in [0.1, 0.15) is 17.3 Å². The number of nitriles is 1. The number of nitrogens with zero attached hydrogens (tertiary/aromatic N) is 1. The highest BCUT2D eigenvalue weighted by Crippen LogP contribution is 2.32. The van der Waals surface area contributed by atoms with Crippen LogP contribution in [0, 0.1) is 11.3 Å². The number of hydrogen-bond acceptors (Lipinski definition) is 4. The van der Waals surface area contributed by atoms with Crippen molar-refractivity contribution in [2.24, 2.45) is 0 Å². The fourth-order valence-electron chi connectivity index (χ4n) is 1.89. The van der Waals surface area contributed by atoms with Gasteiger partial charge in [0, 0.05) is 0 Å². The SMILES string of the molecule is CCOc1ccccc1Oc1ccccc1C(=O)NCC#N. The molecule has 1 N–H and O–H groups in total. The lowest BCUT2D eigenvalue weighted by Crippen LogP contribution is -2.23. The van der Waals surface area contributed by atoms with Crippen molar-refractivity contribution in [2.45, 2.75) is 6.92 Å². The normalized spacial score (nSPS) is 9.64. The minimum Gasteiger partial charge on any atom is -0.490 e. The van der Waals surface area contributed by atoms with Gasteiger partial charge in [-0.1, -0.05) is 24.3 Å². The zero-order valence-corrected chi connectivity index (χ0v) is 12.2. The maximum Gasteiger partial charge on any atom is 0.255 e. The summed E-state index contributed by atoms with van der Waals surface area (Å²) in [6.45, 7) is 2.35. The van der Waals surface area contributed by atoms with Crippen LogP contribution in [0.15, 0.2) is 48.5 Å². The average Bonchev–Trinajstić information content (AvgIpc) is 2.55. The third kappa shape index (κ3) is 3.76. The van der Waals surface area contributed by atoms with Crippen molar-refractivity contribution in [3.8, 4) is 23.3 Å². The maximum atomic E-state index is 12.1. The maximum absolute atomic E-state index is 12.1. The van der Waals surface area contributed by atoms with E-state index in [4.69, 9.17) is 14.7 Å². The van der Waals surface area contributed by atoms with Crippen LogP contribution in [-0.2, 0) is 0 Å². The van der Waals surface area contributed by atoms with Gasteiger partial charge in [0.05, 0.1) is 18.2 Å². The van der Waals surface area contributed by atoms with Crippen LogP contribution in [0.4, 0.5) is 0 Å². The van der Waals surface area contributed by atoms with Gasteiger partial charge in [0.25, 0.3) is 5.91 Å². The monoisotopic (exact) mass is 296 g/mol. The second-order valence-electron chi connectivity index (χ2n) is 4.32. The zero-order valence-electron chi connectivity index (χ0n) is 12.2. The van der Waals surface area contributed by atoms with E-state index < -0.39 is 0 Å². The van der Waals surface area contributed by atoms with E-state index >= 15 is 0 Å². The van der Waals surface area contributed by atoms with E-state index in [-0.39, 0.29) is 12.5 Å². The summed E-state index contributed by atoms with van der Waals surface area (Å²) in [6.07, 6.45) is 0. The van der Waals surface area contributed by atoms with Gasteiger partial charge in [-0.05, 0) is 31.2 Å². The van der Waals surface area contributed by atoms with Gasteiger partial charge in [-0.2, -0.15) is 5.26 Å². The lowest BCUT2D eigenvalue weighted by Gasteiger charge is -2.13. The minimum absolute atomic E-state index is 0.0529. The summed E-state index contributed by atoms with van der Waals surface area (Å²) >= 11 is 0. The number of rotatable bonds is 6. The topological polar surface area (TPSA) is 71.3 Å². The Bertz CT molecular complexity index is 692. The molecule has 22 heavy (non-hydrogen) atoms. The van der Waals surface area contributed by atoms with Crippen molar-refractivity contribution in [2.75, 3.05) is 13.2 Å². The molecule has 112 valence electrons. The van der Waals surface area contributed by atoms with E-state index in [2.05, 4.69) is 5.32 Å². The van der Waals surface area contributed by atoms with Crippen molar-refractivity contribution in [3.63, 3.8) is 0 Å². The van der Waals surface area contributed by atoms with Gasteiger partial charge in [-0.15, -0.1) is 0 Å². The Morgan fingerprint density at radius 3 is 2.41 bits per heavy atom. The molecule has 0 unspecified atom stereocenters. The summed E-state index contributed by atoms with van der Waals surface area (Å²) in [5.41, 5.74) is 0.365. The van der Waals surface area contributed by atoms with Crippen molar-refractivity contribution < 1.29 is 14.3 Å². The van der Waals surface area contributed by atoms with Gasteiger partial charge in [0.1, 0.15) is 12.3 Å². The predicted molar refractivity (Wildman–Crippen MR) is 82.1 cm³/mol. The molecule has 0 saturated heterocycles. The van der Waals surface area contributed by atoms with Crippen molar-refractivity contribution in [1.82, 2.24) is 5.32 Å². The molecule has 0 atom stereocenters. The first-order valence-electron chi connectivity index (χ1n) is 6.90. The molecule has 0 aliphatic heterocycles. The largest absolute Gasteiger partial charge is 0.490 e. The zero-order chi connectivity index (χ0) is 15.8. The molecular weight excluding hydrogens is 280 g/mol. The molecule has 5 heteroatoms. The van der Waals surface area contributed by atoms with Gasteiger partial charge in [-0.3, -0.25) is 4.79 Å². The summed E-state index contributed by atoms with van der Waals surface area (Å²) in [5.74, 6) is 1.19. The summed E-state index contributed by atoms with van der Waals surface area (Å²) in [5, 5.41) is 11.1. The lowest BCUT2D eigenvalue weighted by atomic mass is 10.2. The fourth-order valence-corrected chi connectivity index (χ4v) is 1.89. The van der Waals surface area contributed by atoms with Crippen molar-refractivity contribution in [3.05, 3.63) is 54.1 Å². The molecule has 0 bridgehead atoms. The van der Waals surface area contributed by atoms with Gasteiger partial charge in [0.15, 0.2) is 11.5 Å². The quantitative estimate of drug-likeness (QED) is 0.831. The van der Waals surface area contributed by atoms with Gasteiger partial charge in [-0.25, -0.2) is 0 Å². The second kappa shape index (κ2) is 7.70. The van der Waals surface area contributed by atoms with Crippen LogP contribution in [0.3, 0.4) is 0 Å². The van der Waals surface area contributed by atoms with E-state index in [1.54, 1.807) is 36.4 Å². The highest BCUT2D eigenvalue weighted by Gasteiger charge is 2.14. The molecule has 1 amide bonds. The number of carbonyl (C=O) groups excluding carboxylic acids is 1. The number of para-hydroxylation sites is 3. The predicted octanol–water partition coefficient (Wildman–Crippen LogP) is 3.13. The van der Waals surface area contributed by atoms with Crippen molar-refractivity contribution in [1.29, 1.82) is 5.26 Å². The summed E-state index contributed by atoms with van der Waals surface area (Å²) in [7, 11) is 0. The summed E-state index contributed by atoms with van der Waals surface area (Å²) in [6, 6.07) is 16.0. The van der Waals surface area contributed by atoms with Crippen LogP contribution in [0.2, 0.25) is 0 Å². The van der Waals surface area contributed by atoms with E-state index in [9.17, 15) is 4.79 Å². The first-order chi connectivity index (χ1) is 10.8. The molecule has 2 aromatic carbocycles. The van der Waals surface area contributed by atoms with Crippen LogP contribution >= 0.6 is 0 Å². The standard InChI is InChI=1S/C17H16N2O3/c1-2-21-15-9-5-6-10-16(15)22-14-8-4-3-7-13(14)17(20)19-12-11-18/h3-10H,2,12H2,1H3,(H,19,20).